The van der Waals surface area contributed by atoms with Gasteiger partial charge in [0.1, 0.15) is 12.0 Å². The lowest BCUT2D eigenvalue weighted by Gasteiger charge is -2.10. The average molecular weight is 228 g/mol. The van der Waals surface area contributed by atoms with Crippen LogP contribution in [-0.2, 0) is 4.57 Å². The Morgan fingerprint density at radius 2 is 2.00 bits per heavy atom. The summed E-state index contributed by atoms with van der Waals surface area (Å²) in [6.45, 7) is 1.64. The van der Waals surface area contributed by atoms with Crippen molar-refractivity contribution in [2.75, 3.05) is 12.5 Å². The van der Waals surface area contributed by atoms with Gasteiger partial charge < -0.3 is 9.63 Å². The molecule has 0 bridgehead atoms. The number of hydrogen-bond acceptors (Lipinski definition) is 3. The van der Waals surface area contributed by atoms with Gasteiger partial charge in [0.25, 0.3) is 0 Å². The predicted octanol–water partition coefficient (Wildman–Crippen LogP) is 2.13. The Balaban J connectivity index is 2.58. The van der Waals surface area contributed by atoms with Crippen molar-refractivity contribution in [3.63, 3.8) is 0 Å². The summed E-state index contributed by atoms with van der Waals surface area (Å²) in [7, 11) is -3.15. The fraction of sp³-hybridized carbons (Fsp3) is 0.300. The Bertz CT molecular complexity index is 372. The van der Waals surface area contributed by atoms with E-state index in [0.717, 1.165) is 6.29 Å². The zero-order valence-corrected chi connectivity index (χ0v) is 9.31. The van der Waals surface area contributed by atoms with E-state index >= 15 is 0 Å². The molecule has 5 heteroatoms. The first-order valence-electron chi connectivity index (χ1n) is 4.56. The summed E-state index contributed by atoms with van der Waals surface area (Å²) in [6, 6.07) is 6.38. The van der Waals surface area contributed by atoms with E-state index in [1.54, 1.807) is 31.2 Å². The first-order chi connectivity index (χ1) is 7.07. The van der Waals surface area contributed by atoms with E-state index in [9.17, 15) is 14.3 Å². The number of hydrogen-bond donors (Lipinski definition) is 1. The molecule has 0 saturated carbocycles. The Morgan fingerprint density at radius 1 is 1.40 bits per heavy atom. The standard InChI is InChI=1S/C10H13O4P/c1-2-15(12,13)8-14-10-5-3-9(7-11)4-6-10/h3-7H,2,8H2,1H3,(H,12,13). The van der Waals surface area contributed by atoms with Crippen LogP contribution in [0.1, 0.15) is 17.3 Å². The van der Waals surface area contributed by atoms with E-state index < -0.39 is 7.37 Å². The molecule has 1 unspecified atom stereocenters. The number of benzene rings is 1. The third-order valence-corrected chi connectivity index (χ3v) is 3.46. The van der Waals surface area contributed by atoms with E-state index in [-0.39, 0.29) is 12.5 Å². The van der Waals surface area contributed by atoms with Crippen LogP contribution in [-0.4, -0.2) is 23.7 Å². The molecule has 82 valence electrons. The number of carbonyl (C=O) groups excluding carboxylic acids is 1. The van der Waals surface area contributed by atoms with Crippen LogP contribution in [0.15, 0.2) is 24.3 Å². The van der Waals surface area contributed by atoms with Crippen molar-refractivity contribution in [2.24, 2.45) is 0 Å². The van der Waals surface area contributed by atoms with Crippen molar-refractivity contribution in [2.45, 2.75) is 6.92 Å². The average Bonchev–Trinajstić information content (AvgIpc) is 2.27. The molecular formula is C10H13O4P. The van der Waals surface area contributed by atoms with Crippen LogP contribution in [0.4, 0.5) is 0 Å². The number of aldehydes is 1. The second-order valence-electron chi connectivity index (χ2n) is 3.12. The van der Waals surface area contributed by atoms with Crippen molar-refractivity contribution >= 4 is 13.7 Å². The van der Waals surface area contributed by atoms with Crippen LogP contribution in [0.25, 0.3) is 0 Å². The van der Waals surface area contributed by atoms with Gasteiger partial charge in [-0.25, -0.2) is 0 Å². The molecule has 0 amide bonds. The van der Waals surface area contributed by atoms with Crippen LogP contribution in [0, 0.1) is 0 Å². The van der Waals surface area contributed by atoms with Crippen molar-refractivity contribution in [3.05, 3.63) is 29.8 Å². The molecule has 0 saturated heterocycles. The molecule has 0 heterocycles. The topological polar surface area (TPSA) is 63.6 Å². The van der Waals surface area contributed by atoms with Crippen LogP contribution in [0.2, 0.25) is 0 Å². The zero-order chi connectivity index (χ0) is 11.3. The van der Waals surface area contributed by atoms with Crippen molar-refractivity contribution < 1.29 is 19.0 Å². The second-order valence-corrected chi connectivity index (χ2v) is 5.71. The van der Waals surface area contributed by atoms with Gasteiger partial charge in [0, 0.05) is 11.7 Å². The van der Waals surface area contributed by atoms with Crippen LogP contribution in [0.5, 0.6) is 5.75 Å². The lowest BCUT2D eigenvalue weighted by Crippen LogP contribution is -2.00. The third kappa shape index (κ3) is 3.86. The summed E-state index contributed by atoms with van der Waals surface area (Å²) < 4.78 is 16.4. The van der Waals surface area contributed by atoms with E-state index in [1.165, 1.54) is 0 Å². The van der Waals surface area contributed by atoms with Gasteiger partial charge in [-0.3, -0.25) is 9.36 Å². The van der Waals surface area contributed by atoms with Gasteiger partial charge in [0.15, 0.2) is 6.35 Å². The molecule has 0 radical (unpaired) electrons. The molecule has 1 atom stereocenters. The summed E-state index contributed by atoms with van der Waals surface area (Å²) in [5.41, 5.74) is 0.546. The summed E-state index contributed by atoms with van der Waals surface area (Å²) in [6.07, 6.45) is 0.732. The van der Waals surface area contributed by atoms with E-state index in [0.29, 0.717) is 11.3 Å². The highest BCUT2D eigenvalue weighted by Gasteiger charge is 2.15. The zero-order valence-electron chi connectivity index (χ0n) is 8.42. The molecule has 0 aliphatic heterocycles. The fourth-order valence-electron chi connectivity index (χ4n) is 0.909. The smallest absolute Gasteiger partial charge is 0.236 e. The highest BCUT2D eigenvalue weighted by atomic mass is 31.2. The Labute approximate surface area is 88.3 Å². The van der Waals surface area contributed by atoms with Crippen molar-refractivity contribution in [3.8, 4) is 5.75 Å². The normalized spacial score (nSPS) is 14.3. The Kier molecular flexibility index (Phi) is 4.06. The van der Waals surface area contributed by atoms with Crippen LogP contribution in [0.3, 0.4) is 0 Å². The monoisotopic (exact) mass is 228 g/mol. The molecule has 1 N–H and O–H groups in total. The minimum Gasteiger partial charge on any atom is -0.484 e. The second kappa shape index (κ2) is 5.10. The van der Waals surface area contributed by atoms with E-state index in [1.807, 2.05) is 0 Å². The minimum absolute atomic E-state index is 0.191. The molecule has 0 aromatic heterocycles. The Morgan fingerprint density at radius 3 is 2.47 bits per heavy atom. The molecule has 1 rings (SSSR count). The lowest BCUT2D eigenvalue weighted by atomic mass is 10.2. The first kappa shape index (κ1) is 12.0. The predicted molar refractivity (Wildman–Crippen MR) is 57.7 cm³/mol. The molecule has 0 aliphatic carbocycles. The highest BCUT2D eigenvalue weighted by Crippen LogP contribution is 2.39. The molecule has 15 heavy (non-hydrogen) atoms. The number of ether oxygens (including phenoxy) is 1. The maximum Gasteiger partial charge on any atom is 0.236 e. The van der Waals surface area contributed by atoms with Crippen molar-refractivity contribution in [1.82, 2.24) is 0 Å². The summed E-state index contributed by atoms with van der Waals surface area (Å²) >= 11 is 0. The first-order valence-corrected chi connectivity index (χ1v) is 6.59. The summed E-state index contributed by atoms with van der Waals surface area (Å²) in [4.78, 5) is 19.6. The van der Waals surface area contributed by atoms with E-state index in [4.69, 9.17) is 4.74 Å². The Hall–Kier alpha value is -1.12. The molecule has 1 aromatic rings. The van der Waals surface area contributed by atoms with Gasteiger partial charge in [-0.2, -0.15) is 0 Å². The lowest BCUT2D eigenvalue weighted by molar-refractivity contribution is 0.112. The molecule has 0 aliphatic rings. The largest absolute Gasteiger partial charge is 0.484 e. The maximum absolute atomic E-state index is 11.3. The maximum atomic E-state index is 11.3. The molecule has 0 fully saturated rings. The number of carbonyl (C=O) groups is 1. The van der Waals surface area contributed by atoms with Gasteiger partial charge in [-0.15, -0.1) is 0 Å². The van der Waals surface area contributed by atoms with Gasteiger partial charge in [0.2, 0.25) is 7.37 Å². The quantitative estimate of drug-likeness (QED) is 0.619. The molecule has 4 nitrogen and oxygen atoms in total. The molecular weight excluding hydrogens is 215 g/mol. The molecule has 0 spiro atoms. The van der Waals surface area contributed by atoms with Gasteiger partial charge in [-0.05, 0) is 24.3 Å². The van der Waals surface area contributed by atoms with Gasteiger partial charge >= 0.3 is 0 Å². The van der Waals surface area contributed by atoms with E-state index in [2.05, 4.69) is 0 Å². The van der Waals surface area contributed by atoms with Crippen molar-refractivity contribution in [1.29, 1.82) is 0 Å². The van der Waals surface area contributed by atoms with Gasteiger partial charge in [0.05, 0.1) is 0 Å². The highest BCUT2D eigenvalue weighted by molar-refractivity contribution is 7.57. The summed E-state index contributed by atoms with van der Waals surface area (Å²) in [5.74, 6) is 0.489. The number of rotatable bonds is 5. The summed E-state index contributed by atoms with van der Waals surface area (Å²) in [5, 5.41) is 0. The van der Waals surface area contributed by atoms with Crippen LogP contribution < -0.4 is 4.74 Å². The van der Waals surface area contributed by atoms with Crippen LogP contribution >= 0.6 is 7.37 Å². The molecule has 1 aromatic carbocycles. The van der Waals surface area contributed by atoms with Gasteiger partial charge in [-0.1, -0.05) is 6.92 Å². The minimum atomic E-state index is -3.15. The fourth-order valence-corrected chi connectivity index (χ4v) is 1.44. The third-order valence-electron chi connectivity index (χ3n) is 1.94. The SMILES string of the molecule is CCP(=O)(O)COc1ccc(C=O)cc1.